The summed E-state index contributed by atoms with van der Waals surface area (Å²) in [6, 6.07) is 13.5. The average molecular weight is 915 g/mol. The van der Waals surface area contributed by atoms with E-state index >= 15 is 0 Å². The fourth-order valence-corrected chi connectivity index (χ4v) is 6.05. The van der Waals surface area contributed by atoms with E-state index < -0.39 is 23.5 Å². The number of aromatic carboxylic acids is 1. The van der Waals surface area contributed by atoms with Crippen molar-refractivity contribution in [3.8, 4) is 17.2 Å². The van der Waals surface area contributed by atoms with E-state index in [1.54, 1.807) is 62.1 Å². The number of hydrogen-bond acceptors (Lipinski definition) is 8. The van der Waals surface area contributed by atoms with Crippen molar-refractivity contribution in [1.82, 2.24) is 34.7 Å². The zero-order chi connectivity index (χ0) is 40.8. The van der Waals surface area contributed by atoms with Crippen LogP contribution in [-0.2, 0) is 6.61 Å². The molecule has 57 heavy (non-hydrogen) atoms. The number of aryl methyl sites for hydroxylation is 3. The average Bonchev–Trinajstić information content (AvgIpc) is 3.65. The van der Waals surface area contributed by atoms with Crippen LogP contribution >= 0.6 is 31.9 Å². The first-order valence-electron chi connectivity index (χ1n) is 17.2. The van der Waals surface area contributed by atoms with Gasteiger partial charge in [-0.15, -0.1) is 5.10 Å². The molecule has 12 nitrogen and oxygen atoms in total. The van der Waals surface area contributed by atoms with Gasteiger partial charge < -0.3 is 20.1 Å². The maximum absolute atomic E-state index is 14.8. The molecule has 0 aliphatic heterocycles. The number of aromatic nitrogens is 7. The van der Waals surface area contributed by atoms with Gasteiger partial charge in [-0.1, -0.05) is 45.4 Å². The second kappa shape index (κ2) is 19.3. The number of benzene rings is 3. The number of carbonyl (C=O) groups excluding carboxylic acids is 1. The molecule has 0 saturated heterocycles. The Morgan fingerprint density at radius 2 is 1.54 bits per heavy atom. The van der Waals surface area contributed by atoms with Crippen LogP contribution in [-0.4, -0.2) is 56.8 Å². The van der Waals surface area contributed by atoms with Crippen LogP contribution in [0.2, 0.25) is 0 Å². The predicted octanol–water partition coefficient (Wildman–Crippen LogP) is 9.70. The number of carbonyl (C=O) groups is 2. The Labute approximate surface area is 344 Å². The number of hydrogen-bond donors (Lipinski definition) is 3. The lowest BCUT2D eigenvalue weighted by atomic mass is 10.1. The highest BCUT2D eigenvalue weighted by molar-refractivity contribution is 9.10. The Hall–Kier alpha value is -5.26. The van der Waals surface area contributed by atoms with E-state index in [4.69, 9.17) is 10.2 Å². The molecule has 3 aromatic heterocycles. The zero-order valence-corrected chi connectivity index (χ0v) is 34.0. The van der Waals surface area contributed by atoms with E-state index in [0.717, 1.165) is 28.6 Å². The van der Waals surface area contributed by atoms with Gasteiger partial charge in [0.1, 0.15) is 29.0 Å². The number of carboxylic acid groups (broad SMARTS) is 1. The minimum atomic E-state index is -1.26. The molecule has 0 bridgehead atoms. The third kappa shape index (κ3) is 11.0. The van der Waals surface area contributed by atoms with Crippen molar-refractivity contribution in [3.05, 3.63) is 133 Å². The first-order valence-corrected chi connectivity index (χ1v) is 18.8. The summed E-state index contributed by atoms with van der Waals surface area (Å²) in [6.07, 6.45) is 5.94. The summed E-state index contributed by atoms with van der Waals surface area (Å²) in [7, 11) is 0. The van der Waals surface area contributed by atoms with Crippen molar-refractivity contribution in [2.24, 2.45) is 0 Å². The molecule has 300 valence electrons. The predicted molar refractivity (Wildman–Crippen MR) is 217 cm³/mol. The van der Waals surface area contributed by atoms with E-state index in [-0.39, 0.29) is 42.8 Å². The fourth-order valence-electron chi connectivity index (χ4n) is 5.31. The second-order valence-electron chi connectivity index (χ2n) is 13.2. The van der Waals surface area contributed by atoms with Gasteiger partial charge in [0.25, 0.3) is 5.91 Å². The first-order chi connectivity index (χ1) is 26.6. The van der Waals surface area contributed by atoms with Crippen LogP contribution in [0.3, 0.4) is 0 Å². The van der Waals surface area contributed by atoms with Gasteiger partial charge >= 0.3 is 5.97 Å². The number of nitrogens with zero attached hydrogens (tertiary/aromatic N) is 7. The van der Waals surface area contributed by atoms with Gasteiger partial charge in [0.15, 0.2) is 0 Å². The molecule has 0 atom stereocenters. The number of imidazole rings is 1. The van der Waals surface area contributed by atoms with Gasteiger partial charge in [0, 0.05) is 26.6 Å². The molecule has 0 radical (unpaired) electrons. The number of halogens is 5. The van der Waals surface area contributed by atoms with Gasteiger partial charge in [-0.3, -0.25) is 4.79 Å². The SMILES string of the molecule is C.Cc1cc(F)c(C(=O)Nc2cccc(-c3nnnn3C(C)C)n2)cc1-n1cnc(C2CC2)c1.Cc1cc(F)c(C(=O)O)cc1Br.Cc1cc(F)c(CO)cc1Br. The molecular weight excluding hydrogens is 873 g/mol. The lowest BCUT2D eigenvalue weighted by Crippen LogP contribution is -2.16. The molecule has 17 heteroatoms. The Morgan fingerprint density at radius 3 is 2.18 bits per heavy atom. The normalized spacial score (nSPS) is 11.9. The number of aliphatic hydroxyl groups excluding tert-OH is 1. The molecule has 3 aromatic carbocycles. The van der Waals surface area contributed by atoms with Gasteiger partial charge in [0.05, 0.1) is 41.5 Å². The van der Waals surface area contributed by atoms with Crippen molar-refractivity contribution in [3.63, 3.8) is 0 Å². The monoisotopic (exact) mass is 912 g/mol. The summed E-state index contributed by atoms with van der Waals surface area (Å²) >= 11 is 6.36. The third-order valence-electron chi connectivity index (χ3n) is 8.59. The van der Waals surface area contributed by atoms with Gasteiger partial charge in [-0.2, -0.15) is 0 Å². The molecule has 1 aliphatic rings. The highest BCUT2D eigenvalue weighted by Gasteiger charge is 2.26. The minimum absolute atomic E-state index is 0. The van der Waals surface area contributed by atoms with Gasteiger partial charge in [-0.05, 0) is 123 Å². The van der Waals surface area contributed by atoms with Crippen molar-refractivity contribution >= 4 is 49.6 Å². The van der Waals surface area contributed by atoms with E-state index in [2.05, 4.69) is 62.7 Å². The summed E-state index contributed by atoms with van der Waals surface area (Å²) < 4.78 is 45.4. The van der Waals surface area contributed by atoms with Crippen LogP contribution in [0.4, 0.5) is 19.0 Å². The number of aliphatic hydroxyl groups is 1. The number of tetrazole rings is 1. The van der Waals surface area contributed by atoms with E-state index in [9.17, 15) is 22.8 Å². The molecule has 1 amide bonds. The molecular formula is C40H41Br2F3N8O4. The Morgan fingerprint density at radius 1 is 0.912 bits per heavy atom. The van der Waals surface area contributed by atoms with Crippen LogP contribution in [0.1, 0.15) is 94.7 Å². The number of carboxylic acids is 1. The maximum atomic E-state index is 14.8. The van der Waals surface area contributed by atoms with Crippen LogP contribution < -0.4 is 5.32 Å². The Balaban J connectivity index is 0.000000246. The smallest absolute Gasteiger partial charge is 0.338 e. The Bertz CT molecular complexity index is 2400. The number of nitrogens with one attached hydrogen (secondary N) is 1. The summed E-state index contributed by atoms with van der Waals surface area (Å²) in [5.41, 5.74) is 4.39. The standard InChI is InChI=1S/C23H23FN8O.C8H6BrFO2.C8H8BrFO.CH4/c1-13(2)32-22(28-29-30-32)18-5-4-6-21(26-18)27-23(33)16-10-20(14(3)9-17(16)24)31-11-19(25-12-31)15-7-8-15;1-4-2-7(10)5(8(11)12)3-6(4)9;1-5-2-8(10)6(4-11)3-7(5)9;/h4-6,9-13,15H,7-8H2,1-3H3,(H,26,27,33);2-3H,1H3,(H,11,12);2-3,11H,4H2,1H3;1H4. The molecule has 1 aliphatic carbocycles. The van der Waals surface area contributed by atoms with Crippen LogP contribution in [0.25, 0.3) is 17.2 Å². The van der Waals surface area contributed by atoms with Crippen molar-refractivity contribution in [2.75, 3.05) is 5.32 Å². The van der Waals surface area contributed by atoms with Crippen molar-refractivity contribution < 1.29 is 33.0 Å². The van der Waals surface area contributed by atoms with Crippen molar-refractivity contribution in [1.29, 1.82) is 0 Å². The van der Waals surface area contributed by atoms with E-state index in [1.807, 2.05) is 24.6 Å². The van der Waals surface area contributed by atoms with E-state index in [1.165, 1.54) is 24.3 Å². The third-order valence-corrected chi connectivity index (χ3v) is 10.3. The minimum Gasteiger partial charge on any atom is -0.478 e. The largest absolute Gasteiger partial charge is 0.478 e. The second-order valence-corrected chi connectivity index (χ2v) is 14.9. The van der Waals surface area contributed by atoms with Crippen LogP contribution in [0, 0.1) is 38.2 Å². The molecule has 6 aromatic rings. The number of anilines is 1. The quantitative estimate of drug-likeness (QED) is 0.135. The summed E-state index contributed by atoms with van der Waals surface area (Å²) in [4.78, 5) is 32.3. The lowest BCUT2D eigenvalue weighted by Gasteiger charge is -2.12. The topological polar surface area (TPSA) is 161 Å². The summed E-state index contributed by atoms with van der Waals surface area (Å²) in [5, 5.41) is 31.6. The lowest BCUT2D eigenvalue weighted by molar-refractivity contribution is 0.0691. The molecule has 3 N–H and O–H groups in total. The number of pyridine rings is 1. The van der Waals surface area contributed by atoms with Crippen LogP contribution in [0.15, 0.2) is 76.1 Å². The highest BCUT2D eigenvalue weighted by Crippen LogP contribution is 2.39. The fraction of sp³-hybridized carbons (Fsp3) is 0.275. The number of rotatable bonds is 8. The Kier molecular flexibility index (Phi) is 15.0. The van der Waals surface area contributed by atoms with Crippen molar-refractivity contribution in [2.45, 2.75) is 73.5 Å². The zero-order valence-electron chi connectivity index (χ0n) is 30.9. The molecule has 1 saturated carbocycles. The highest BCUT2D eigenvalue weighted by atomic mass is 79.9. The van der Waals surface area contributed by atoms with E-state index in [0.29, 0.717) is 44.3 Å². The number of amides is 1. The maximum Gasteiger partial charge on any atom is 0.338 e. The van der Waals surface area contributed by atoms with Gasteiger partial charge in [0.2, 0.25) is 5.82 Å². The van der Waals surface area contributed by atoms with Gasteiger partial charge in [-0.25, -0.2) is 32.6 Å². The summed E-state index contributed by atoms with van der Waals surface area (Å²) in [5.74, 6) is -2.25. The molecule has 7 rings (SSSR count). The van der Waals surface area contributed by atoms with Crippen LogP contribution in [0.5, 0.6) is 0 Å². The molecule has 0 spiro atoms. The summed E-state index contributed by atoms with van der Waals surface area (Å²) in [6.45, 7) is 8.95. The molecule has 1 fully saturated rings. The molecule has 3 heterocycles. The molecule has 0 unspecified atom stereocenters. The first kappa shape index (κ1) is 44.5.